The van der Waals surface area contributed by atoms with Crippen LogP contribution in [0.15, 0.2) is 35.1 Å². The van der Waals surface area contributed by atoms with E-state index in [0.29, 0.717) is 11.3 Å². The molecule has 0 fully saturated rings. The third-order valence-corrected chi connectivity index (χ3v) is 3.37. The van der Waals surface area contributed by atoms with Gasteiger partial charge in [0.25, 0.3) is 5.56 Å². The smallest absolute Gasteiger partial charge is 0.284 e. The molecule has 0 radical (unpaired) electrons. The zero-order valence-corrected chi connectivity index (χ0v) is 11.8. The van der Waals surface area contributed by atoms with Gasteiger partial charge in [0.15, 0.2) is 5.65 Å². The highest BCUT2D eigenvalue weighted by atomic mass is 19.4. The topological polar surface area (TPSA) is 50.2 Å². The second-order valence-corrected chi connectivity index (χ2v) is 5.12. The summed E-state index contributed by atoms with van der Waals surface area (Å²) in [5, 5.41) is 2.13. The van der Waals surface area contributed by atoms with Gasteiger partial charge in [-0.3, -0.25) is 9.89 Å². The van der Waals surface area contributed by atoms with Crippen molar-refractivity contribution in [1.82, 2.24) is 14.6 Å². The van der Waals surface area contributed by atoms with E-state index in [4.69, 9.17) is 0 Å². The number of aromatic amines is 1. The molecule has 0 saturated heterocycles. The number of benzene rings is 1. The van der Waals surface area contributed by atoms with Crippen molar-refractivity contribution in [1.29, 1.82) is 0 Å². The number of halogens is 3. The van der Waals surface area contributed by atoms with Crippen LogP contribution in [0.25, 0.3) is 16.8 Å². The molecule has 1 aromatic carbocycles. The van der Waals surface area contributed by atoms with Crippen molar-refractivity contribution in [2.75, 3.05) is 0 Å². The van der Waals surface area contributed by atoms with E-state index in [-0.39, 0.29) is 11.2 Å². The van der Waals surface area contributed by atoms with Gasteiger partial charge >= 0.3 is 6.18 Å². The molecular weight excluding hydrogens is 295 g/mol. The Morgan fingerprint density at radius 2 is 1.77 bits per heavy atom. The molecule has 3 aromatic rings. The van der Waals surface area contributed by atoms with Gasteiger partial charge in [-0.2, -0.15) is 13.2 Å². The second-order valence-electron chi connectivity index (χ2n) is 5.12. The molecule has 0 aliphatic heterocycles. The molecule has 22 heavy (non-hydrogen) atoms. The molecule has 3 rings (SSSR count). The predicted molar refractivity (Wildman–Crippen MR) is 75.7 cm³/mol. The van der Waals surface area contributed by atoms with Gasteiger partial charge in [0.05, 0.1) is 5.56 Å². The maximum absolute atomic E-state index is 13.3. The highest BCUT2D eigenvalue weighted by molar-refractivity contribution is 5.80. The number of rotatable bonds is 1. The van der Waals surface area contributed by atoms with E-state index >= 15 is 0 Å². The van der Waals surface area contributed by atoms with Crippen LogP contribution in [-0.2, 0) is 6.18 Å². The molecule has 0 unspecified atom stereocenters. The Bertz CT molecular complexity index is 905. The van der Waals surface area contributed by atoms with E-state index in [1.54, 1.807) is 31.2 Å². The maximum atomic E-state index is 13.3. The Morgan fingerprint density at radius 1 is 1.14 bits per heavy atom. The fourth-order valence-corrected chi connectivity index (χ4v) is 2.35. The number of aromatic nitrogens is 3. The Kier molecular flexibility index (Phi) is 3.09. The minimum Gasteiger partial charge on any atom is -0.284 e. The van der Waals surface area contributed by atoms with Crippen LogP contribution in [0.5, 0.6) is 0 Å². The Labute approximate surface area is 123 Å². The van der Waals surface area contributed by atoms with Crippen LogP contribution in [0.3, 0.4) is 0 Å². The van der Waals surface area contributed by atoms with Crippen LogP contribution < -0.4 is 5.56 Å². The number of nitrogens with one attached hydrogen (secondary N) is 1. The van der Waals surface area contributed by atoms with E-state index in [9.17, 15) is 18.0 Å². The molecule has 0 atom stereocenters. The first-order valence-electron chi connectivity index (χ1n) is 6.54. The number of hydrogen-bond acceptors (Lipinski definition) is 2. The van der Waals surface area contributed by atoms with Gasteiger partial charge < -0.3 is 0 Å². The van der Waals surface area contributed by atoms with E-state index < -0.39 is 17.4 Å². The lowest BCUT2D eigenvalue weighted by molar-refractivity contribution is -0.140. The van der Waals surface area contributed by atoms with Crippen molar-refractivity contribution in [2.45, 2.75) is 20.0 Å². The van der Waals surface area contributed by atoms with Crippen molar-refractivity contribution in [3.63, 3.8) is 0 Å². The maximum Gasteiger partial charge on any atom is 0.433 e. The third-order valence-electron chi connectivity index (χ3n) is 3.37. The summed E-state index contributed by atoms with van der Waals surface area (Å²) in [6, 6.07) is 7.78. The molecule has 7 heteroatoms. The van der Waals surface area contributed by atoms with Gasteiger partial charge in [-0.05, 0) is 19.4 Å². The van der Waals surface area contributed by atoms with Crippen LogP contribution in [0.4, 0.5) is 13.2 Å². The van der Waals surface area contributed by atoms with Gasteiger partial charge in [-0.1, -0.05) is 29.8 Å². The molecule has 2 heterocycles. The summed E-state index contributed by atoms with van der Waals surface area (Å²) in [4.78, 5) is 16.0. The Morgan fingerprint density at radius 3 is 2.36 bits per heavy atom. The molecule has 0 aliphatic rings. The SMILES string of the molecule is Cc1ccc(-c2c(C(F)(F)F)[nH]n3c(=O)cc(C)nc23)cc1. The molecule has 1 N–H and O–H groups in total. The molecule has 0 spiro atoms. The lowest BCUT2D eigenvalue weighted by Gasteiger charge is -2.07. The zero-order chi connectivity index (χ0) is 16.1. The number of aryl methyl sites for hydroxylation is 2. The van der Waals surface area contributed by atoms with Crippen LogP contribution in [0, 0.1) is 13.8 Å². The molecule has 0 saturated carbocycles. The summed E-state index contributed by atoms with van der Waals surface area (Å²) in [6.45, 7) is 3.41. The van der Waals surface area contributed by atoms with Crippen LogP contribution in [0.2, 0.25) is 0 Å². The fraction of sp³-hybridized carbons (Fsp3) is 0.200. The molecule has 114 valence electrons. The molecule has 0 amide bonds. The molecule has 4 nitrogen and oxygen atoms in total. The highest BCUT2D eigenvalue weighted by Crippen LogP contribution is 2.38. The van der Waals surface area contributed by atoms with Gasteiger partial charge in [-0.25, -0.2) is 9.50 Å². The van der Waals surface area contributed by atoms with Gasteiger partial charge in [0.2, 0.25) is 0 Å². The average molecular weight is 307 g/mol. The van der Waals surface area contributed by atoms with Crippen molar-refractivity contribution >= 4 is 5.65 Å². The van der Waals surface area contributed by atoms with Crippen LogP contribution in [-0.4, -0.2) is 14.6 Å². The van der Waals surface area contributed by atoms with Crippen molar-refractivity contribution in [3.8, 4) is 11.1 Å². The summed E-state index contributed by atoms with van der Waals surface area (Å²) >= 11 is 0. The minimum atomic E-state index is -4.62. The van der Waals surface area contributed by atoms with Gasteiger partial charge in [-0.15, -0.1) is 0 Å². The molecular formula is C15H12F3N3O. The van der Waals surface area contributed by atoms with Crippen molar-refractivity contribution < 1.29 is 13.2 Å². The first-order valence-corrected chi connectivity index (χ1v) is 6.54. The Balaban J connectivity index is 2.44. The summed E-state index contributed by atoms with van der Waals surface area (Å²) in [7, 11) is 0. The molecule has 2 aromatic heterocycles. The second kappa shape index (κ2) is 4.72. The highest BCUT2D eigenvalue weighted by Gasteiger charge is 2.38. The monoisotopic (exact) mass is 307 g/mol. The first-order chi connectivity index (χ1) is 10.3. The lowest BCUT2D eigenvalue weighted by atomic mass is 10.0. The van der Waals surface area contributed by atoms with Crippen molar-refractivity contribution in [3.05, 3.63) is 57.6 Å². The van der Waals surface area contributed by atoms with Gasteiger partial charge in [0.1, 0.15) is 5.69 Å². The quantitative estimate of drug-likeness (QED) is 0.749. The summed E-state index contributed by atoms with van der Waals surface area (Å²) in [5.41, 5.74) is -0.0499. The molecule has 0 bridgehead atoms. The number of fused-ring (bicyclic) bond motifs is 1. The largest absolute Gasteiger partial charge is 0.433 e. The van der Waals surface area contributed by atoms with Crippen molar-refractivity contribution in [2.24, 2.45) is 0 Å². The number of hydrogen-bond donors (Lipinski definition) is 1. The first kappa shape index (κ1) is 14.4. The third kappa shape index (κ3) is 2.28. The standard InChI is InChI=1S/C15H12F3N3O/c1-8-3-5-10(6-4-8)12-13(15(16,17)18)20-21-11(22)7-9(2)19-14(12)21/h3-7,20H,1-2H3. The fourth-order valence-electron chi connectivity index (χ4n) is 2.35. The summed E-state index contributed by atoms with van der Waals surface area (Å²) in [5.74, 6) is 0. The predicted octanol–water partition coefficient (Wildman–Crippen LogP) is 3.33. The summed E-state index contributed by atoms with van der Waals surface area (Å²) < 4.78 is 40.8. The van der Waals surface area contributed by atoms with Gasteiger partial charge in [0, 0.05) is 11.8 Å². The minimum absolute atomic E-state index is 0.0267. The van der Waals surface area contributed by atoms with Crippen LogP contribution in [0.1, 0.15) is 17.0 Å². The van der Waals surface area contributed by atoms with E-state index in [2.05, 4.69) is 10.1 Å². The van der Waals surface area contributed by atoms with E-state index in [1.807, 2.05) is 6.92 Å². The Hall–Kier alpha value is -2.57. The van der Waals surface area contributed by atoms with E-state index in [1.165, 1.54) is 6.07 Å². The zero-order valence-electron chi connectivity index (χ0n) is 11.8. The molecule has 0 aliphatic carbocycles. The number of alkyl halides is 3. The average Bonchev–Trinajstić information content (AvgIpc) is 2.79. The lowest BCUT2D eigenvalue weighted by Crippen LogP contribution is -2.15. The number of nitrogens with zero attached hydrogens (tertiary/aromatic N) is 2. The van der Waals surface area contributed by atoms with Crippen LogP contribution >= 0.6 is 0 Å². The normalized spacial score (nSPS) is 12.0. The van der Waals surface area contributed by atoms with E-state index in [0.717, 1.165) is 10.1 Å². The number of H-pyrrole nitrogens is 1. The summed E-state index contributed by atoms with van der Waals surface area (Å²) in [6.07, 6.45) is -4.62.